The second-order valence-electron chi connectivity index (χ2n) is 4.45. The summed E-state index contributed by atoms with van der Waals surface area (Å²) in [5, 5.41) is 0.618. The molecule has 1 atom stereocenters. The lowest BCUT2D eigenvalue weighted by Gasteiger charge is -2.14. The Bertz CT molecular complexity index is 613. The maximum Gasteiger partial charge on any atom is 0.347 e. The quantitative estimate of drug-likeness (QED) is 0.722. The first-order valence-electron chi connectivity index (χ1n) is 6.38. The number of rotatable bonds is 5. The Morgan fingerprint density at radius 2 is 1.95 bits per heavy atom. The first-order chi connectivity index (χ1) is 10.0. The monoisotopic (exact) mass is 368 g/mol. The van der Waals surface area contributed by atoms with E-state index in [2.05, 4.69) is 15.9 Å². The fourth-order valence-corrected chi connectivity index (χ4v) is 2.24. The molecule has 0 saturated carbocycles. The van der Waals surface area contributed by atoms with Gasteiger partial charge in [0.05, 0.1) is 0 Å². The van der Waals surface area contributed by atoms with Crippen LogP contribution in [0.25, 0.3) is 0 Å². The number of carbonyl (C=O) groups is 1. The molecule has 0 aliphatic carbocycles. The van der Waals surface area contributed by atoms with Crippen LogP contribution in [0.4, 0.5) is 0 Å². The number of esters is 1. The predicted octanol–water partition coefficient (Wildman–Crippen LogP) is 4.61. The molecule has 3 nitrogen and oxygen atoms in total. The van der Waals surface area contributed by atoms with Gasteiger partial charge in [-0.1, -0.05) is 39.7 Å². The van der Waals surface area contributed by atoms with Gasteiger partial charge in [0.15, 0.2) is 6.10 Å². The lowest BCUT2D eigenvalue weighted by Crippen LogP contribution is -2.26. The molecule has 5 heteroatoms. The van der Waals surface area contributed by atoms with Crippen molar-refractivity contribution in [1.82, 2.24) is 0 Å². The van der Waals surface area contributed by atoms with Gasteiger partial charge in [0.2, 0.25) is 0 Å². The van der Waals surface area contributed by atoms with Crippen LogP contribution < -0.4 is 4.74 Å². The Balaban J connectivity index is 1.86. The smallest absolute Gasteiger partial charge is 0.347 e. The Hall–Kier alpha value is -1.52. The molecule has 2 aromatic rings. The first kappa shape index (κ1) is 15.9. The van der Waals surface area contributed by atoms with Gasteiger partial charge in [0, 0.05) is 9.50 Å². The molecule has 0 aliphatic heterocycles. The molecule has 110 valence electrons. The molecule has 0 heterocycles. The van der Waals surface area contributed by atoms with Crippen LogP contribution in [0.1, 0.15) is 12.5 Å². The third-order valence-electron chi connectivity index (χ3n) is 2.73. The molecule has 2 rings (SSSR count). The molecule has 2 aromatic carbocycles. The van der Waals surface area contributed by atoms with Crippen LogP contribution in [0.3, 0.4) is 0 Å². The van der Waals surface area contributed by atoms with E-state index in [0.29, 0.717) is 10.8 Å². The van der Waals surface area contributed by atoms with E-state index in [1.807, 2.05) is 24.3 Å². The van der Waals surface area contributed by atoms with Crippen LogP contribution in [-0.2, 0) is 16.1 Å². The van der Waals surface area contributed by atoms with Gasteiger partial charge < -0.3 is 9.47 Å². The summed E-state index contributed by atoms with van der Waals surface area (Å²) in [6, 6.07) is 14.4. The molecular weight excluding hydrogens is 356 g/mol. The van der Waals surface area contributed by atoms with E-state index < -0.39 is 12.1 Å². The summed E-state index contributed by atoms with van der Waals surface area (Å²) < 4.78 is 11.7. The number of halogens is 2. The lowest BCUT2D eigenvalue weighted by molar-refractivity contribution is -0.152. The molecule has 0 radical (unpaired) electrons. The number of hydrogen-bond donors (Lipinski definition) is 0. The highest BCUT2D eigenvalue weighted by Crippen LogP contribution is 2.17. The molecule has 0 amide bonds. The molecule has 0 aliphatic rings. The van der Waals surface area contributed by atoms with E-state index in [0.717, 1.165) is 10.0 Å². The summed E-state index contributed by atoms with van der Waals surface area (Å²) >= 11 is 9.16. The second kappa shape index (κ2) is 7.48. The Morgan fingerprint density at radius 1 is 1.24 bits per heavy atom. The predicted molar refractivity (Wildman–Crippen MR) is 85.5 cm³/mol. The maximum atomic E-state index is 11.9. The average Bonchev–Trinajstić information content (AvgIpc) is 2.47. The van der Waals surface area contributed by atoms with Gasteiger partial charge in [-0.25, -0.2) is 4.79 Å². The van der Waals surface area contributed by atoms with Gasteiger partial charge in [-0.2, -0.15) is 0 Å². The SMILES string of the molecule is CC(Oc1ccc(Cl)cc1)C(=O)OCc1cccc(Br)c1. The molecular formula is C16H14BrClO3. The zero-order valence-corrected chi connectivity index (χ0v) is 13.7. The minimum absolute atomic E-state index is 0.215. The van der Waals surface area contributed by atoms with Crippen LogP contribution in [-0.4, -0.2) is 12.1 Å². The minimum Gasteiger partial charge on any atom is -0.479 e. The van der Waals surface area contributed by atoms with Crippen molar-refractivity contribution in [1.29, 1.82) is 0 Å². The Kier molecular flexibility index (Phi) is 5.65. The highest BCUT2D eigenvalue weighted by atomic mass is 79.9. The third kappa shape index (κ3) is 5.06. The van der Waals surface area contributed by atoms with Crippen molar-refractivity contribution in [2.45, 2.75) is 19.6 Å². The van der Waals surface area contributed by atoms with Gasteiger partial charge in [0.25, 0.3) is 0 Å². The molecule has 1 unspecified atom stereocenters. The zero-order chi connectivity index (χ0) is 15.2. The van der Waals surface area contributed by atoms with Crippen LogP contribution in [0.2, 0.25) is 5.02 Å². The molecule has 0 N–H and O–H groups in total. The number of ether oxygens (including phenoxy) is 2. The van der Waals surface area contributed by atoms with E-state index in [1.165, 1.54) is 0 Å². The fraction of sp³-hybridized carbons (Fsp3) is 0.188. The molecule has 0 fully saturated rings. The molecule has 0 saturated heterocycles. The maximum absolute atomic E-state index is 11.9. The van der Waals surface area contributed by atoms with Crippen LogP contribution in [0, 0.1) is 0 Å². The minimum atomic E-state index is -0.682. The summed E-state index contributed by atoms with van der Waals surface area (Å²) in [4.78, 5) is 11.9. The van der Waals surface area contributed by atoms with Crippen molar-refractivity contribution in [3.05, 3.63) is 63.6 Å². The highest BCUT2D eigenvalue weighted by Gasteiger charge is 2.16. The average molecular weight is 370 g/mol. The zero-order valence-electron chi connectivity index (χ0n) is 11.4. The van der Waals surface area contributed by atoms with E-state index in [-0.39, 0.29) is 6.61 Å². The van der Waals surface area contributed by atoms with Gasteiger partial charge in [-0.3, -0.25) is 0 Å². The number of hydrogen-bond acceptors (Lipinski definition) is 3. The summed E-state index contributed by atoms with van der Waals surface area (Å²) in [7, 11) is 0. The van der Waals surface area contributed by atoms with Crippen LogP contribution >= 0.6 is 27.5 Å². The second-order valence-corrected chi connectivity index (χ2v) is 5.80. The summed E-state index contributed by atoms with van der Waals surface area (Å²) in [5.74, 6) is 0.163. The van der Waals surface area contributed by atoms with Crippen molar-refractivity contribution >= 4 is 33.5 Å². The van der Waals surface area contributed by atoms with E-state index >= 15 is 0 Å². The Labute approximate surface area is 137 Å². The lowest BCUT2D eigenvalue weighted by atomic mass is 10.2. The van der Waals surface area contributed by atoms with Crippen molar-refractivity contribution in [3.63, 3.8) is 0 Å². The van der Waals surface area contributed by atoms with Crippen molar-refractivity contribution in [2.24, 2.45) is 0 Å². The van der Waals surface area contributed by atoms with Gasteiger partial charge in [-0.15, -0.1) is 0 Å². The molecule has 0 spiro atoms. The highest BCUT2D eigenvalue weighted by molar-refractivity contribution is 9.10. The Morgan fingerprint density at radius 3 is 2.62 bits per heavy atom. The number of carbonyl (C=O) groups excluding carboxylic acids is 1. The summed E-state index contributed by atoms with van der Waals surface area (Å²) in [6.07, 6.45) is -0.682. The fourth-order valence-electron chi connectivity index (χ4n) is 1.66. The normalized spacial score (nSPS) is 11.8. The van der Waals surface area contributed by atoms with Gasteiger partial charge in [-0.05, 0) is 48.9 Å². The van der Waals surface area contributed by atoms with Crippen molar-refractivity contribution < 1.29 is 14.3 Å². The first-order valence-corrected chi connectivity index (χ1v) is 7.55. The summed E-state index contributed by atoms with van der Waals surface area (Å²) in [5.41, 5.74) is 0.913. The standard InChI is InChI=1S/C16H14BrClO3/c1-11(21-15-7-5-14(18)6-8-15)16(19)20-10-12-3-2-4-13(17)9-12/h2-9,11H,10H2,1H3. The van der Waals surface area contributed by atoms with Crippen LogP contribution in [0.15, 0.2) is 53.0 Å². The largest absolute Gasteiger partial charge is 0.479 e. The molecule has 21 heavy (non-hydrogen) atoms. The molecule has 0 bridgehead atoms. The van der Waals surface area contributed by atoms with E-state index in [9.17, 15) is 4.79 Å². The van der Waals surface area contributed by atoms with Crippen molar-refractivity contribution in [2.75, 3.05) is 0 Å². The topological polar surface area (TPSA) is 35.5 Å². The van der Waals surface area contributed by atoms with Crippen molar-refractivity contribution in [3.8, 4) is 5.75 Å². The van der Waals surface area contributed by atoms with E-state index in [4.69, 9.17) is 21.1 Å². The van der Waals surface area contributed by atoms with Gasteiger partial charge >= 0.3 is 5.97 Å². The van der Waals surface area contributed by atoms with E-state index in [1.54, 1.807) is 31.2 Å². The number of benzene rings is 2. The van der Waals surface area contributed by atoms with Crippen LogP contribution in [0.5, 0.6) is 5.75 Å². The third-order valence-corrected chi connectivity index (χ3v) is 3.47. The summed E-state index contributed by atoms with van der Waals surface area (Å²) in [6.45, 7) is 1.87. The van der Waals surface area contributed by atoms with Gasteiger partial charge in [0.1, 0.15) is 12.4 Å². The molecule has 0 aromatic heterocycles.